The number of aromatic nitrogens is 4. The van der Waals surface area contributed by atoms with Gasteiger partial charge in [-0.2, -0.15) is 15.0 Å². The van der Waals surface area contributed by atoms with Crippen LogP contribution in [0.15, 0.2) is 30.7 Å². The highest BCUT2D eigenvalue weighted by Gasteiger charge is 2.27. The number of hydrogen-bond acceptors (Lipinski definition) is 7. The van der Waals surface area contributed by atoms with Crippen LogP contribution in [0.25, 0.3) is 16.9 Å². The monoisotopic (exact) mass is 463 g/mol. The zero-order chi connectivity index (χ0) is 26.7. The molecule has 176 valence electrons. The van der Waals surface area contributed by atoms with Crippen LogP contribution in [0.3, 0.4) is 0 Å². The summed E-state index contributed by atoms with van der Waals surface area (Å²) in [6.45, 7) is 1.42. The first-order chi connectivity index (χ1) is 17.5. The highest BCUT2D eigenvalue weighted by molar-refractivity contribution is 5.99. The van der Waals surface area contributed by atoms with Gasteiger partial charge < -0.3 is 16.0 Å². The lowest BCUT2D eigenvalue weighted by Gasteiger charge is -2.28. The molecular formula is C24H28N8O2. The van der Waals surface area contributed by atoms with Crippen molar-refractivity contribution >= 4 is 28.5 Å². The van der Waals surface area contributed by atoms with Gasteiger partial charge in [0.05, 0.1) is 23.0 Å². The summed E-state index contributed by atoms with van der Waals surface area (Å²) in [5.41, 5.74) is 1.93. The molecule has 0 spiro atoms. The van der Waals surface area contributed by atoms with Gasteiger partial charge in [-0.15, -0.1) is 0 Å². The molecule has 2 amide bonds. The lowest BCUT2D eigenvalue weighted by atomic mass is 9.85. The van der Waals surface area contributed by atoms with Crippen molar-refractivity contribution in [2.75, 3.05) is 12.3 Å². The minimum Gasteiger partial charge on any atom is -0.382 e. The fourth-order valence-electron chi connectivity index (χ4n) is 4.19. The summed E-state index contributed by atoms with van der Waals surface area (Å²) in [5.74, 6) is -0.681. The molecule has 1 fully saturated rings. The van der Waals surface area contributed by atoms with Crippen LogP contribution < -0.4 is 16.0 Å². The van der Waals surface area contributed by atoms with Crippen molar-refractivity contribution in [1.29, 1.82) is 5.26 Å². The largest absolute Gasteiger partial charge is 0.382 e. The Hall–Kier alpha value is -4.00. The molecule has 0 bridgehead atoms. The van der Waals surface area contributed by atoms with Crippen LogP contribution in [0.5, 0.6) is 0 Å². The van der Waals surface area contributed by atoms with Crippen LogP contribution in [0, 0.1) is 17.2 Å². The normalized spacial score (nSPS) is 19.5. The summed E-state index contributed by atoms with van der Waals surface area (Å²) in [7, 11) is 0. The van der Waals surface area contributed by atoms with E-state index in [4.69, 9.17) is 9.37 Å². The summed E-state index contributed by atoms with van der Waals surface area (Å²) < 4.78 is 23.2. The van der Waals surface area contributed by atoms with Crippen molar-refractivity contribution in [2.45, 2.75) is 51.6 Å². The van der Waals surface area contributed by atoms with E-state index in [9.17, 15) is 9.59 Å². The van der Waals surface area contributed by atoms with E-state index >= 15 is 0 Å². The Balaban J connectivity index is 1.49. The maximum Gasteiger partial charge on any atom is 0.255 e. The van der Waals surface area contributed by atoms with Crippen molar-refractivity contribution in [2.24, 2.45) is 5.92 Å². The summed E-state index contributed by atoms with van der Waals surface area (Å²) in [5, 5.41) is 22.5. The third-order valence-electron chi connectivity index (χ3n) is 5.89. The number of anilines is 1. The van der Waals surface area contributed by atoms with E-state index in [1.54, 1.807) is 23.0 Å². The SMILES string of the molecule is [2H]C([2H])([2H])NC(=O)C1CCC(NC(=O)c2cnc(-n3ncc4cc(C#N)cnc43)cc2NC(C)C)CC1. The first kappa shape index (κ1) is 19.5. The van der Waals surface area contributed by atoms with Crippen LogP contribution in [0.2, 0.25) is 0 Å². The Morgan fingerprint density at radius 1 is 1.18 bits per heavy atom. The number of carbonyl (C=O) groups is 2. The van der Waals surface area contributed by atoms with Crippen molar-refractivity contribution in [3.05, 3.63) is 41.9 Å². The van der Waals surface area contributed by atoms with Crippen molar-refractivity contribution in [1.82, 2.24) is 30.4 Å². The molecule has 10 heteroatoms. The van der Waals surface area contributed by atoms with Crippen molar-refractivity contribution < 1.29 is 13.7 Å². The van der Waals surface area contributed by atoms with Crippen molar-refractivity contribution in [3.8, 4) is 11.9 Å². The molecule has 3 aromatic heterocycles. The molecule has 0 aliphatic heterocycles. The molecule has 0 atom stereocenters. The van der Waals surface area contributed by atoms with Gasteiger partial charge in [0.1, 0.15) is 6.07 Å². The van der Waals surface area contributed by atoms with Crippen LogP contribution in [-0.4, -0.2) is 50.6 Å². The van der Waals surface area contributed by atoms with E-state index in [0.29, 0.717) is 59.3 Å². The van der Waals surface area contributed by atoms with E-state index in [0.717, 1.165) is 0 Å². The molecule has 1 aliphatic carbocycles. The molecule has 0 saturated heterocycles. The van der Waals surface area contributed by atoms with Gasteiger partial charge in [-0.25, -0.2) is 9.97 Å². The molecule has 0 radical (unpaired) electrons. The lowest BCUT2D eigenvalue weighted by Crippen LogP contribution is -2.40. The molecule has 0 unspecified atom stereocenters. The molecule has 0 aromatic carbocycles. The number of amides is 2. The predicted molar refractivity (Wildman–Crippen MR) is 127 cm³/mol. The summed E-state index contributed by atoms with van der Waals surface area (Å²) in [4.78, 5) is 34.1. The maximum absolute atomic E-state index is 13.2. The second-order valence-electron chi connectivity index (χ2n) is 8.70. The topological polar surface area (TPSA) is 138 Å². The third kappa shape index (κ3) is 4.83. The number of rotatable bonds is 6. The Kier molecular flexibility index (Phi) is 5.65. The molecule has 3 heterocycles. The van der Waals surface area contributed by atoms with Crippen LogP contribution >= 0.6 is 0 Å². The Labute approximate surface area is 202 Å². The van der Waals surface area contributed by atoms with Gasteiger partial charge in [0.25, 0.3) is 5.91 Å². The van der Waals surface area contributed by atoms with Gasteiger partial charge in [0, 0.05) is 52.9 Å². The van der Waals surface area contributed by atoms with Gasteiger partial charge in [-0.1, -0.05) is 0 Å². The van der Waals surface area contributed by atoms with Crippen molar-refractivity contribution in [3.63, 3.8) is 0 Å². The average Bonchev–Trinajstić information content (AvgIpc) is 3.26. The summed E-state index contributed by atoms with van der Waals surface area (Å²) in [6.07, 6.45) is 6.69. The first-order valence-electron chi connectivity index (χ1n) is 12.7. The number of hydrogen-bond donors (Lipinski definition) is 3. The smallest absolute Gasteiger partial charge is 0.255 e. The second kappa shape index (κ2) is 9.87. The van der Waals surface area contributed by atoms with E-state index in [-0.39, 0.29) is 23.9 Å². The number of carbonyl (C=O) groups excluding carboxylic acids is 2. The number of pyridine rings is 2. The number of nitriles is 1. The predicted octanol–water partition coefficient (Wildman–Crippen LogP) is 2.54. The first-order valence-corrected chi connectivity index (χ1v) is 11.2. The van der Waals surface area contributed by atoms with Crippen LogP contribution in [-0.2, 0) is 4.79 Å². The zero-order valence-corrected chi connectivity index (χ0v) is 19.0. The molecule has 34 heavy (non-hydrogen) atoms. The molecule has 4 rings (SSSR count). The minimum absolute atomic E-state index is 0.0413. The van der Waals surface area contributed by atoms with E-state index in [2.05, 4.69) is 37.1 Å². The molecular weight excluding hydrogens is 432 g/mol. The maximum atomic E-state index is 13.2. The third-order valence-corrected chi connectivity index (χ3v) is 5.89. The van der Waals surface area contributed by atoms with Gasteiger partial charge in [-0.05, 0) is 45.6 Å². The Morgan fingerprint density at radius 3 is 2.68 bits per heavy atom. The van der Waals surface area contributed by atoms with Crippen LogP contribution in [0.4, 0.5) is 5.69 Å². The van der Waals surface area contributed by atoms with Gasteiger partial charge in [0.15, 0.2) is 11.5 Å². The Morgan fingerprint density at radius 2 is 1.97 bits per heavy atom. The highest BCUT2D eigenvalue weighted by atomic mass is 16.2. The molecule has 3 N–H and O–H groups in total. The molecule has 1 aliphatic rings. The summed E-state index contributed by atoms with van der Waals surface area (Å²) >= 11 is 0. The molecule has 1 saturated carbocycles. The zero-order valence-electron chi connectivity index (χ0n) is 22.0. The molecule has 3 aromatic rings. The van der Waals surface area contributed by atoms with Gasteiger partial charge in [0.2, 0.25) is 5.91 Å². The standard InChI is InChI=1S/C24H28N8O2/c1-14(2)30-20-9-21(32-22-17(12-29-32)8-15(10-25)11-28-22)27-13-19(20)24(34)31-18-6-4-16(5-7-18)23(33)26-3/h8-9,11-14,16,18H,4-7H2,1-3H3,(H,26,33)(H,27,30)(H,31,34)/i3D3. The lowest BCUT2D eigenvalue weighted by molar-refractivity contribution is -0.125. The number of fused-ring (bicyclic) bond motifs is 1. The van der Waals surface area contributed by atoms with Crippen LogP contribution in [0.1, 0.15) is 59.6 Å². The van der Waals surface area contributed by atoms with E-state index < -0.39 is 12.9 Å². The highest BCUT2D eigenvalue weighted by Crippen LogP contribution is 2.26. The van der Waals surface area contributed by atoms with Gasteiger partial charge in [-0.3, -0.25) is 9.59 Å². The minimum atomic E-state index is -2.50. The number of nitrogens with zero attached hydrogens (tertiary/aromatic N) is 5. The summed E-state index contributed by atoms with van der Waals surface area (Å²) in [6, 6.07) is 5.39. The fraction of sp³-hybridized carbons (Fsp3) is 0.417. The number of nitrogens with one attached hydrogen (secondary N) is 3. The fourth-order valence-corrected chi connectivity index (χ4v) is 4.19. The average molecular weight is 464 g/mol. The second-order valence-corrected chi connectivity index (χ2v) is 8.70. The molecule has 10 nitrogen and oxygen atoms in total. The van der Waals surface area contributed by atoms with E-state index in [1.807, 2.05) is 13.8 Å². The van der Waals surface area contributed by atoms with E-state index in [1.165, 1.54) is 12.4 Å². The quantitative estimate of drug-likeness (QED) is 0.511. The van der Waals surface area contributed by atoms with Gasteiger partial charge >= 0.3 is 0 Å². The Bertz CT molecular complexity index is 1350.